The zero-order chi connectivity index (χ0) is 21.9. The number of aromatic nitrogens is 4. The van der Waals surface area contributed by atoms with Crippen molar-refractivity contribution < 1.29 is 26.7 Å². The Morgan fingerprint density at radius 3 is 2.43 bits per heavy atom. The van der Waals surface area contributed by atoms with Crippen molar-refractivity contribution in [1.29, 1.82) is 0 Å². The summed E-state index contributed by atoms with van der Waals surface area (Å²) < 4.78 is 64.9. The van der Waals surface area contributed by atoms with Crippen molar-refractivity contribution in [3.8, 4) is 11.4 Å². The third-order valence-electron chi connectivity index (χ3n) is 4.33. The quantitative estimate of drug-likeness (QED) is 0.579. The lowest BCUT2D eigenvalue weighted by molar-refractivity contribution is -0.137. The van der Waals surface area contributed by atoms with Crippen LogP contribution < -0.4 is 4.72 Å². The first-order valence-corrected chi connectivity index (χ1v) is 10.2. The summed E-state index contributed by atoms with van der Waals surface area (Å²) in [5.41, 5.74) is 0.815. The molecule has 12 heteroatoms. The number of aliphatic hydroxyl groups is 1. The molecule has 0 saturated heterocycles. The number of hydrogen-bond donors (Lipinski definition) is 2. The molecule has 0 bridgehead atoms. The molecule has 160 valence electrons. The fourth-order valence-corrected chi connectivity index (χ4v) is 3.53. The first kappa shape index (κ1) is 21.9. The van der Waals surface area contributed by atoms with Crippen LogP contribution in [0, 0.1) is 0 Å². The molecular formula is C18H18F3N5O3S. The second kappa shape index (κ2) is 8.50. The Kier molecular flexibility index (Phi) is 6.19. The van der Waals surface area contributed by atoms with Crippen LogP contribution in [0.15, 0.2) is 47.4 Å². The summed E-state index contributed by atoms with van der Waals surface area (Å²) in [5.74, 6) is 0.138. The molecule has 2 N–H and O–H groups in total. The molecule has 0 aliphatic rings. The summed E-state index contributed by atoms with van der Waals surface area (Å²) in [6.07, 6.45) is -4.20. The molecule has 0 amide bonds. The van der Waals surface area contributed by atoms with Crippen molar-refractivity contribution in [2.24, 2.45) is 0 Å². The molecule has 0 atom stereocenters. The monoisotopic (exact) mass is 441 g/mol. The van der Waals surface area contributed by atoms with Gasteiger partial charge in [0.05, 0.1) is 23.6 Å². The average Bonchev–Trinajstić information content (AvgIpc) is 3.16. The lowest BCUT2D eigenvalue weighted by Gasteiger charge is -2.11. The fourth-order valence-electron chi connectivity index (χ4n) is 2.77. The Bertz CT molecular complexity index is 1130. The second-order valence-electron chi connectivity index (χ2n) is 6.33. The number of alkyl halides is 3. The molecular weight excluding hydrogens is 423 g/mol. The van der Waals surface area contributed by atoms with Crippen LogP contribution in [0.3, 0.4) is 0 Å². The highest BCUT2D eigenvalue weighted by atomic mass is 32.2. The zero-order valence-corrected chi connectivity index (χ0v) is 16.6. The number of halogens is 3. The van der Waals surface area contributed by atoms with E-state index in [9.17, 15) is 21.6 Å². The largest absolute Gasteiger partial charge is 0.416 e. The van der Waals surface area contributed by atoms with E-state index in [0.717, 1.165) is 16.9 Å². The third kappa shape index (κ3) is 4.83. The number of aliphatic hydroxyl groups excluding tert-OH is 1. The van der Waals surface area contributed by atoms with Gasteiger partial charge in [0.25, 0.3) is 0 Å². The zero-order valence-electron chi connectivity index (χ0n) is 15.8. The van der Waals surface area contributed by atoms with Crippen LogP contribution in [0.4, 0.5) is 13.2 Å². The minimum absolute atomic E-state index is 0.0188. The van der Waals surface area contributed by atoms with Gasteiger partial charge in [0.2, 0.25) is 15.8 Å². The Labute approximate surface area is 170 Å². The van der Waals surface area contributed by atoms with Gasteiger partial charge in [0.15, 0.2) is 0 Å². The number of benzene rings is 2. The van der Waals surface area contributed by atoms with Crippen molar-refractivity contribution in [3.05, 3.63) is 59.2 Å². The SMILES string of the molecule is CNS(=O)(=O)c1ccc(Cc2ccc(C(F)(F)F)cc2)c(-c2nnn(CCO)n2)c1. The molecule has 30 heavy (non-hydrogen) atoms. The Hall–Kier alpha value is -2.83. The summed E-state index contributed by atoms with van der Waals surface area (Å²) in [7, 11) is -2.46. The molecule has 0 radical (unpaired) electrons. The molecule has 3 aromatic rings. The van der Waals surface area contributed by atoms with Crippen LogP contribution >= 0.6 is 0 Å². The van der Waals surface area contributed by atoms with E-state index in [4.69, 9.17) is 5.11 Å². The fraction of sp³-hybridized carbons (Fsp3) is 0.278. The lowest BCUT2D eigenvalue weighted by atomic mass is 9.98. The van der Waals surface area contributed by atoms with E-state index in [1.807, 2.05) is 0 Å². The first-order valence-electron chi connectivity index (χ1n) is 8.75. The highest BCUT2D eigenvalue weighted by Gasteiger charge is 2.30. The van der Waals surface area contributed by atoms with Gasteiger partial charge in [-0.15, -0.1) is 10.2 Å². The highest BCUT2D eigenvalue weighted by Crippen LogP contribution is 2.30. The summed E-state index contributed by atoms with van der Waals surface area (Å²) in [6, 6.07) is 9.04. The van der Waals surface area contributed by atoms with E-state index < -0.39 is 21.8 Å². The van der Waals surface area contributed by atoms with Gasteiger partial charge in [0.1, 0.15) is 0 Å². The van der Waals surface area contributed by atoms with Gasteiger partial charge in [-0.05, 0) is 54.1 Å². The van der Waals surface area contributed by atoms with E-state index in [0.29, 0.717) is 16.7 Å². The van der Waals surface area contributed by atoms with E-state index in [1.165, 1.54) is 31.3 Å². The molecule has 1 heterocycles. The first-order chi connectivity index (χ1) is 14.1. The van der Waals surface area contributed by atoms with Gasteiger partial charge < -0.3 is 5.11 Å². The maximum Gasteiger partial charge on any atom is 0.416 e. The predicted octanol–water partition coefficient (Wildman–Crippen LogP) is 1.85. The van der Waals surface area contributed by atoms with E-state index in [-0.39, 0.29) is 30.3 Å². The van der Waals surface area contributed by atoms with Crippen LogP contribution in [0.1, 0.15) is 16.7 Å². The van der Waals surface area contributed by atoms with Crippen molar-refractivity contribution in [2.75, 3.05) is 13.7 Å². The van der Waals surface area contributed by atoms with Crippen LogP contribution in [-0.4, -0.2) is 47.4 Å². The highest BCUT2D eigenvalue weighted by molar-refractivity contribution is 7.89. The topological polar surface area (TPSA) is 110 Å². The Balaban J connectivity index is 2.02. The van der Waals surface area contributed by atoms with Crippen LogP contribution in [0.2, 0.25) is 0 Å². The van der Waals surface area contributed by atoms with Crippen LogP contribution in [0.5, 0.6) is 0 Å². The molecule has 0 aliphatic carbocycles. The smallest absolute Gasteiger partial charge is 0.394 e. The van der Waals surface area contributed by atoms with Gasteiger partial charge in [0, 0.05) is 5.56 Å². The van der Waals surface area contributed by atoms with Crippen molar-refractivity contribution in [1.82, 2.24) is 24.9 Å². The predicted molar refractivity (Wildman–Crippen MR) is 101 cm³/mol. The maximum atomic E-state index is 12.8. The number of hydrogen-bond acceptors (Lipinski definition) is 6. The van der Waals surface area contributed by atoms with Gasteiger partial charge >= 0.3 is 6.18 Å². The molecule has 0 saturated carbocycles. The van der Waals surface area contributed by atoms with Crippen LogP contribution in [-0.2, 0) is 29.2 Å². The maximum absolute atomic E-state index is 12.8. The molecule has 0 aliphatic heterocycles. The molecule has 3 rings (SSSR count). The van der Waals surface area contributed by atoms with E-state index >= 15 is 0 Å². The third-order valence-corrected chi connectivity index (χ3v) is 5.74. The van der Waals surface area contributed by atoms with Crippen molar-refractivity contribution in [3.63, 3.8) is 0 Å². The summed E-state index contributed by atoms with van der Waals surface area (Å²) in [4.78, 5) is 1.14. The molecule has 0 spiro atoms. The normalized spacial score (nSPS) is 12.3. The van der Waals surface area contributed by atoms with Gasteiger partial charge in [-0.1, -0.05) is 18.2 Å². The average molecular weight is 441 g/mol. The standard InChI is InChI=1S/C18H18F3N5O3S/c1-22-30(28,29)15-7-4-13(10-12-2-5-14(6-3-12)18(19,20)21)16(11-15)17-23-25-26(24-17)8-9-27/h2-7,11,22,27H,8-10H2,1H3. The Morgan fingerprint density at radius 2 is 1.83 bits per heavy atom. The molecule has 1 aromatic heterocycles. The number of nitrogens with one attached hydrogen (secondary N) is 1. The van der Waals surface area contributed by atoms with Crippen LogP contribution in [0.25, 0.3) is 11.4 Å². The summed E-state index contributed by atoms with van der Waals surface area (Å²) >= 11 is 0. The molecule has 0 unspecified atom stereocenters. The molecule has 8 nitrogen and oxygen atoms in total. The number of rotatable bonds is 7. The van der Waals surface area contributed by atoms with Gasteiger partial charge in [-0.2, -0.15) is 18.0 Å². The summed E-state index contributed by atoms with van der Waals surface area (Å²) in [6.45, 7) is -0.0991. The van der Waals surface area contributed by atoms with E-state index in [1.54, 1.807) is 6.07 Å². The minimum atomic E-state index is -4.43. The molecule has 0 fully saturated rings. The summed E-state index contributed by atoms with van der Waals surface area (Å²) in [5, 5.41) is 20.9. The van der Waals surface area contributed by atoms with Crippen molar-refractivity contribution in [2.45, 2.75) is 24.0 Å². The molecule has 2 aromatic carbocycles. The van der Waals surface area contributed by atoms with Crippen molar-refractivity contribution >= 4 is 10.0 Å². The van der Waals surface area contributed by atoms with Gasteiger partial charge in [-0.3, -0.25) is 0 Å². The minimum Gasteiger partial charge on any atom is -0.394 e. The van der Waals surface area contributed by atoms with Gasteiger partial charge in [-0.25, -0.2) is 13.1 Å². The van der Waals surface area contributed by atoms with E-state index in [2.05, 4.69) is 20.1 Å². The number of nitrogens with zero attached hydrogens (tertiary/aromatic N) is 4. The Morgan fingerprint density at radius 1 is 1.13 bits per heavy atom. The lowest BCUT2D eigenvalue weighted by Crippen LogP contribution is -2.18. The second-order valence-corrected chi connectivity index (χ2v) is 8.22. The number of sulfonamides is 1. The number of tetrazole rings is 1.